The number of anilines is 1. The second-order valence-corrected chi connectivity index (χ2v) is 3.70. The first-order chi connectivity index (χ1) is 6.83. The Morgan fingerprint density at radius 2 is 2.07 bits per heavy atom. The summed E-state index contributed by atoms with van der Waals surface area (Å²) in [6.45, 7) is 2.14. The van der Waals surface area contributed by atoms with Gasteiger partial charge in [-0.25, -0.2) is 0 Å². The lowest BCUT2D eigenvalue weighted by Crippen LogP contribution is -2.32. The summed E-state index contributed by atoms with van der Waals surface area (Å²) < 4.78 is 0. The van der Waals surface area contributed by atoms with Crippen LogP contribution in [-0.4, -0.2) is 11.9 Å². The molecule has 1 aliphatic rings. The van der Waals surface area contributed by atoms with Crippen molar-refractivity contribution in [2.75, 3.05) is 4.90 Å². The van der Waals surface area contributed by atoms with Crippen LogP contribution in [0.4, 0.5) is 5.69 Å². The summed E-state index contributed by atoms with van der Waals surface area (Å²) in [5.74, 6) is 0.267. The van der Waals surface area contributed by atoms with E-state index in [2.05, 4.69) is 6.92 Å². The van der Waals surface area contributed by atoms with Crippen molar-refractivity contribution in [1.29, 1.82) is 0 Å². The van der Waals surface area contributed by atoms with Crippen LogP contribution in [0.5, 0.6) is 0 Å². The maximum atomic E-state index is 11.7. The zero-order valence-electron chi connectivity index (χ0n) is 8.44. The van der Waals surface area contributed by atoms with Gasteiger partial charge in [-0.15, -0.1) is 0 Å². The number of para-hydroxylation sites is 1. The first-order valence-corrected chi connectivity index (χ1v) is 5.20. The Hall–Kier alpha value is -1.31. The van der Waals surface area contributed by atoms with Crippen molar-refractivity contribution in [2.24, 2.45) is 0 Å². The van der Waals surface area contributed by atoms with Crippen molar-refractivity contribution < 1.29 is 4.79 Å². The minimum absolute atomic E-state index is 0.267. The normalized spacial score (nSPS) is 21.6. The molecule has 0 unspecified atom stereocenters. The Bertz CT molecular complexity index is 320. The molecule has 1 aliphatic heterocycles. The van der Waals surface area contributed by atoms with E-state index in [1.165, 1.54) is 0 Å². The molecular formula is C12H15NO. The van der Waals surface area contributed by atoms with E-state index in [0.29, 0.717) is 12.5 Å². The van der Waals surface area contributed by atoms with E-state index in [1.807, 2.05) is 35.2 Å². The number of amides is 1. The molecule has 0 saturated carbocycles. The van der Waals surface area contributed by atoms with E-state index in [-0.39, 0.29) is 5.91 Å². The van der Waals surface area contributed by atoms with Crippen LogP contribution in [0.15, 0.2) is 30.3 Å². The summed E-state index contributed by atoms with van der Waals surface area (Å²) in [5, 5.41) is 0. The third-order valence-corrected chi connectivity index (χ3v) is 2.83. The first-order valence-electron chi connectivity index (χ1n) is 5.20. The lowest BCUT2D eigenvalue weighted by molar-refractivity contribution is -0.117. The molecule has 1 fully saturated rings. The zero-order valence-corrected chi connectivity index (χ0v) is 8.44. The van der Waals surface area contributed by atoms with Crippen LogP contribution >= 0.6 is 0 Å². The molecule has 0 radical (unpaired) electrons. The maximum Gasteiger partial charge on any atom is 0.227 e. The fourth-order valence-electron chi connectivity index (χ4n) is 2.07. The molecule has 1 aromatic carbocycles. The van der Waals surface area contributed by atoms with Gasteiger partial charge in [-0.05, 0) is 25.0 Å². The molecular weight excluding hydrogens is 174 g/mol. The summed E-state index contributed by atoms with van der Waals surface area (Å²) in [5.41, 5.74) is 1.04. The van der Waals surface area contributed by atoms with Gasteiger partial charge in [0.05, 0.1) is 0 Å². The lowest BCUT2D eigenvalue weighted by Gasteiger charge is -2.23. The Labute approximate surface area is 84.5 Å². The predicted molar refractivity (Wildman–Crippen MR) is 57.2 cm³/mol. The Kier molecular flexibility index (Phi) is 2.53. The van der Waals surface area contributed by atoms with Gasteiger partial charge in [-0.2, -0.15) is 0 Å². The lowest BCUT2D eigenvalue weighted by atomic mass is 10.1. The standard InChI is InChI=1S/C12H15NO/c1-2-10-8-9-12(14)13(10)11-6-4-3-5-7-11/h3-7,10H,2,8-9H2,1H3/t10-/m1/s1. The predicted octanol–water partition coefficient (Wildman–Crippen LogP) is 2.59. The van der Waals surface area contributed by atoms with Crippen molar-refractivity contribution in [1.82, 2.24) is 0 Å². The van der Waals surface area contributed by atoms with Gasteiger partial charge in [-0.3, -0.25) is 4.79 Å². The maximum absolute atomic E-state index is 11.7. The fourth-order valence-corrected chi connectivity index (χ4v) is 2.07. The highest BCUT2D eigenvalue weighted by Gasteiger charge is 2.30. The highest BCUT2D eigenvalue weighted by Crippen LogP contribution is 2.27. The minimum atomic E-state index is 0.267. The molecule has 1 aromatic rings. The van der Waals surface area contributed by atoms with E-state index in [9.17, 15) is 4.79 Å². The highest BCUT2D eigenvalue weighted by molar-refractivity contribution is 5.96. The molecule has 2 rings (SSSR count). The molecule has 0 spiro atoms. The molecule has 1 atom stereocenters. The molecule has 0 N–H and O–H groups in total. The average molecular weight is 189 g/mol. The van der Waals surface area contributed by atoms with E-state index in [0.717, 1.165) is 18.5 Å². The molecule has 1 saturated heterocycles. The van der Waals surface area contributed by atoms with E-state index >= 15 is 0 Å². The Morgan fingerprint density at radius 1 is 1.36 bits per heavy atom. The molecule has 0 aromatic heterocycles. The van der Waals surface area contributed by atoms with Crippen LogP contribution in [0, 0.1) is 0 Å². The van der Waals surface area contributed by atoms with Gasteiger partial charge in [-0.1, -0.05) is 25.1 Å². The van der Waals surface area contributed by atoms with E-state index in [4.69, 9.17) is 0 Å². The topological polar surface area (TPSA) is 20.3 Å². The zero-order chi connectivity index (χ0) is 9.97. The highest BCUT2D eigenvalue weighted by atomic mass is 16.2. The number of hydrogen-bond donors (Lipinski definition) is 0. The molecule has 0 bridgehead atoms. The second-order valence-electron chi connectivity index (χ2n) is 3.70. The van der Waals surface area contributed by atoms with E-state index < -0.39 is 0 Å². The molecule has 14 heavy (non-hydrogen) atoms. The number of carbonyl (C=O) groups excluding carboxylic acids is 1. The molecule has 0 aliphatic carbocycles. The smallest absolute Gasteiger partial charge is 0.227 e. The summed E-state index contributed by atoms with van der Waals surface area (Å²) in [4.78, 5) is 13.6. The van der Waals surface area contributed by atoms with E-state index in [1.54, 1.807) is 0 Å². The van der Waals surface area contributed by atoms with Gasteiger partial charge >= 0.3 is 0 Å². The number of rotatable bonds is 2. The number of carbonyl (C=O) groups is 1. The Morgan fingerprint density at radius 3 is 2.71 bits per heavy atom. The Balaban J connectivity index is 2.28. The summed E-state index contributed by atoms with van der Waals surface area (Å²) >= 11 is 0. The fraction of sp³-hybridized carbons (Fsp3) is 0.417. The van der Waals surface area contributed by atoms with Gasteiger partial charge in [0.15, 0.2) is 0 Å². The van der Waals surface area contributed by atoms with Crippen molar-refractivity contribution in [2.45, 2.75) is 32.2 Å². The van der Waals surface area contributed by atoms with Gasteiger partial charge < -0.3 is 4.90 Å². The molecule has 2 nitrogen and oxygen atoms in total. The second kappa shape index (κ2) is 3.82. The van der Waals surface area contributed by atoms with Crippen LogP contribution in [0.2, 0.25) is 0 Å². The molecule has 74 valence electrons. The molecule has 1 amide bonds. The minimum Gasteiger partial charge on any atom is -0.309 e. The number of nitrogens with zero attached hydrogens (tertiary/aromatic N) is 1. The van der Waals surface area contributed by atoms with Crippen LogP contribution in [0.1, 0.15) is 26.2 Å². The van der Waals surface area contributed by atoms with Gasteiger partial charge in [0.2, 0.25) is 5.91 Å². The molecule has 2 heteroatoms. The third-order valence-electron chi connectivity index (χ3n) is 2.83. The first kappa shape index (κ1) is 9.25. The van der Waals surface area contributed by atoms with Crippen molar-refractivity contribution in [3.8, 4) is 0 Å². The average Bonchev–Trinajstić information content (AvgIpc) is 2.61. The largest absolute Gasteiger partial charge is 0.309 e. The van der Waals surface area contributed by atoms with Crippen LogP contribution in [0.3, 0.4) is 0 Å². The number of benzene rings is 1. The van der Waals surface area contributed by atoms with Gasteiger partial charge in [0.1, 0.15) is 0 Å². The van der Waals surface area contributed by atoms with Crippen LogP contribution in [-0.2, 0) is 4.79 Å². The van der Waals surface area contributed by atoms with Crippen LogP contribution in [0.25, 0.3) is 0 Å². The summed E-state index contributed by atoms with van der Waals surface area (Å²) in [7, 11) is 0. The monoisotopic (exact) mass is 189 g/mol. The van der Waals surface area contributed by atoms with Crippen molar-refractivity contribution in [3.63, 3.8) is 0 Å². The van der Waals surface area contributed by atoms with Crippen LogP contribution < -0.4 is 4.90 Å². The van der Waals surface area contributed by atoms with Gasteiger partial charge in [0.25, 0.3) is 0 Å². The number of hydrogen-bond acceptors (Lipinski definition) is 1. The molecule has 1 heterocycles. The van der Waals surface area contributed by atoms with Crippen molar-refractivity contribution >= 4 is 11.6 Å². The SMILES string of the molecule is CC[C@@H]1CCC(=O)N1c1ccccc1. The summed E-state index contributed by atoms with van der Waals surface area (Å²) in [6, 6.07) is 10.4. The third kappa shape index (κ3) is 1.52. The summed E-state index contributed by atoms with van der Waals surface area (Å²) in [6.07, 6.45) is 2.75. The van der Waals surface area contributed by atoms with Crippen molar-refractivity contribution in [3.05, 3.63) is 30.3 Å². The quantitative estimate of drug-likeness (QED) is 0.700. The van der Waals surface area contributed by atoms with Gasteiger partial charge in [0, 0.05) is 18.2 Å².